The average molecular weight is 495 g/mol. The summed E-state index contributed by atoms with van der Waals surface area (Å²) in [5, 5.41) is 10.5. The first-order valence-corrected chi connectivity index (χ1v) is 12.2. The molecule has 3 aromatic rings. The van der Waals surface area contributed by atoms with Gasteiger partial charge in [0.15, 0.2) is 6.39 Å². The maximum atomic E-state index is 13.8. The quantitative estimate of drug-likeness (QED) is 0.576. The van der Waals surface area contributed by atoms with Crippen molar-refractivity contribution in [3.8, 4) is 11.1 Å². The number of rotatable bonds is 5. The molecule has 2 saturated heterocycles. The Hall–Kier alpha value is -3.34. The molecule has 0 saturated carbocycles. The molecule has 9 nitrogen and oxygen atoms in total. The zero-order valence-electron chi connectivity index (χ0n) is 19.6. The molecule has 0 radical (unpaired) electrons. The molecule has 5 heterocycles. The van der Waals surface area contributed by atoms with E-state index in [4.69, 9.17) is 9.15 Å². The summed E-state index contributed by atoms with van der Waals surface area (Å²) in [6.45, 7) is 2.57. The molecule has 0 bridgehead atoms. The van der Waals surface area contributed by atoms with Gasteiger partial charge in [-0.3, -0.25) is 14.5 Å². The van der Waals surface area contributed by atoms with Crippen LogP contribution in [0.4, 0.5) is 4.39 Å². The van der Waals surface area contributed by atoms with Gasteiger partial charge in [-0.15, -0.1) is 0 Å². The highest BCUT2D eigenvalue weighted by molar-refractivity contribution is 5.83. The molecule has 1 aromatic carbocycles. The van der Waals surface area contributed by atoms with E-state index in [1.165, 1.54) is 18.5 Å². The normalized spacial score (nSPS) is 25.7. The van der Waals surface area contributed by atoms with Crippen LogP contribution < -0.4 is 5.56 Å². The van der Waals surface area contributed by atoms with Crippen molar-refractivity contribution in [3.63, 3.8) is 0 Å². The van der Waals surface area contributed by atoms with Crippen LogP contribution in [-0.4, -0.2) is 69.3 Å². The molecule has 4 atom stereocenters. The van der Waals surface area contributed by atoms with Crippen LogP contribution in [0, 0.1) is 17.7 Å². The van der Waals surface area contributed by atoms with Gasteiger partial charge in [0, 0.05) is 55.9 Å². The van der Waals surface area contributed by atoms with Gasteiger partial charge in [-0.05, 0) is 29.8 Å². The summed E-state index contributed by atoms with van der Waals surface area (Å²) < 4.78 is 25.8. The molecule has 0 spiro atoms. The molecule has 188 valence electrons. The van der Waals surface area contributed by atoms with Gasteiger partial charge < -0.3 is 23.7 Å². The number of morpholine rings is 1. The number of carbonyl (C=O) groups is 1. The van der Waals surface area contributed by atoms with E-state index in [2.05, 4.69) is 9.88 Å². The van der Waals surface area contributed by atoms with Crippen molar-refractivity contribution in [1.82, 2.24) is 19.4 Å². The largest absolute Gasteiger partial charge is 0.451 e. The van der Waals surface area contributed by atoms with Crippen molar-refractivity contribution in [3.05, 3.63) is 76.6 Å². The lowest BCUT2D eigenvalue weighted by molar-refractivity contribution is -0.142. The monoisotopic (exact) mass is 494 g/mol. The Bertz CT molecular complexity index is 1300. The molecule has 0 aliphatic carbocycles. The second-order valence-electron chi connectivity index (χ2n) is 9.58. The highest BCUT2D eigenvalue weighted by Gasteiger charge is 2.56. The number of aliphatic hydroxyl groups is 1. The minimum atomic E-state index is -0.555. The Labute approximate surface area is 206 Å². The number of hydrogen-bond donors (Lipinski definition) is 1. The van der Waals surface area contributed by atoms with Crippen molar-refractivity contribution in [2.24, 2.45) is 11.8 Å². The van der Waals surface area contributed by atoms with E-state index in [1.54, 1.807) is 33.9 Å². The zero-order chi connectivity index (χ0) is 24.8. The first kappa shape index (κ1) is 23.1. The number of benzene rings is 1. The fourth-order valence-electron chi connectivity index (χ4n) is 6.09. The number of aliphatic hydroxyl groups excluding tert-OH is 1. The Morgan fingerprint density at radius 1 is 1.14 bits per heavy atom. The fraction of sp³-hybridized carbons (Fsp3) is 0.423. The predicted octanol–water partition coefficient (Wildman–Crippen LogP) is 1.66. The number of hydrogen-bond acceptors (Lipinski definition) is 7. The molecule has 1 N–H and O–H groups in total. The minimum absolute atomic E-state index is 0.0351. The SMILES string of the molecule is O=C([C@@H]1[C@@H](CO)[C@@H]2Cn3c(ccc(-c4ccc(F)cc4)c3=O)[C@@H]2N1Cc1cocn1)N1CCOCC1. The van der Waals surface area contributed by atoms with Crippen LogP contribution in [0.5, 0.6) is 0 Å². The smallest absolute Gasteiger partial charge is 0.258 e. The van der Waals surface area contributed by atoms with Crippen LogP contribution in [0.2, 0.25) is 0 Å². The highest BCUT2D eigenvalue weighted by Crippen LogP contribution is 2.50. The number of carbonyl (C=O) groups excluding carboxylic acids is 1. The molecule has 2 aromatic heterocycles. The molecule has 6 rings (SSSR count). The predicted molar refractivity (Wildman–Crippen MR) is 126 cm³/mol. The van der Waals surface area contributed by atoms with Gasteiger partial charge >= 0.3 is 0 Å². The first-order chi connectivity index (χ1) is 17.6. The summed E-state index contributed by atoms with van der Waals surface area (Å²) in [4.78, 5) is 35.4. The molecular formula is C26H27FN4O5. The Kier molecular flexibility index (Phi) is 5.94. The van der Waals surface area contributed by atoms with E-state index in [0.29, 0.717) is 56.2 Å². The molecule has 0 unspecified atom stereocenters. The number of oxazole rings is 1. The molecule has 1 amide bonds. The van der Waals surface area contributed by atoms with Gasteiger partial charge in [0.25, 0.3) is 5.56 Å². The summed E-state index contributed by atoms with van der Waals surface area (Å²) in [6.07, 6.45) is 2.91. The van der Waals surface area contributed by atoms with E-state index >= 15 is 0 Å². The summed E-state index contributed by atoms with van der Waals surface area (Å²) in [6, 6.07) is 8.75. The molecular weight excluding hydrogens is 467 g/mol. The lowest BCUT2D eigenvalue weighted by atomic mass is 9.88. The number of nitrogens with zero attached hydrogens (tertiary/aromatic N) is 4. The summed E-state index contributed by atoms with van der Waals surface area (Å²) in [7, 11) is 0. The number of aromatic nitrogens is 2. The second-order valence-corrected chi connectivity index (χ2v) is 9.58. The minimum Gasteiger partial charge on any atom is -0.451 e. The van der Waals surface area contributed by atoms with Gasteiger partial charge in [0.05, 0.1) is 31.0 Å². The lowest BCUT2D eigenvalue weighted by Crippen LogP contribution is -2.52. The second kappa shape index (κ2) is 9.27. The van der Waals surface area contributed by atoms with Gasteiger partial charge in [0.1, 0.15) is 12.1 Å². The standard InChI is InChI=1S/C26H27FN4O5/c27-17-3-1-16(2-4-17)19-5-6-22-23-20(12-30(22)25(19)33)21(13-32)24(26(34)29-7-9-35-10-8-29)31(23)11-18-14-36-15-28-18/h1-6,14-15,20-21,23-24,32H,7-13H2/t20-,21-,23+,24-/m0/s1. The van der Waals surface area contributed by atoms with Crippen molar-refractivity contribution in [2.45, 2.75) is 25.2 Å². The van der Waals surface area contributed by atoms with Gasteiger partial charge in [-0.25, -0.2) is 9.37 Å². The third-order valence-electron chi connectivity index (χ3n) is 7.75. The molecule has 10 heteroatoms. The summed E-state index contributed by atoms with van der Waals surface area (Å²) in [5.74, 6) is -0.884. The fourth-order valence-corrected chi connectivity index (χ4v) is 6.09. The lowest BCUT2D eigenvalue weighted by Gasteiger charge is -2.35. The van der Waals surface area contributed by atoms with Crippen molar-refractivity contribution >= 4 is 5.91 Å². The number of likely N-dealkylation sites (tertiary alicyclic amines) is 1. The average Bonchev–Trinajstić information content (AvgIpc) is 3.62. The van der Waals surface area contributed by atoms with Crippen LogP contribution in [0.1, 0.15) is 17.4 Å². The van der Waals surface area contributed by atoms with Crippen molar-refractivity contribution in [2.75, 3.05) is 32.9 Å². The number of pyridine rings is 1. The Morgan fingerprint density at radius 2 is 1.92 bits per heavy atom. The number of ether oxygens (including phenoxy) is 1. The molecule has 2 fully saturated rings. The maximum absolute atomic E-state index is 13.8. The number of halogens is 1. The highest BCUT2D eigenvalue weighted by atomic mass is 19.1. The van der Waals surface area contributed by atoms with Crippen LogP contribution in [0.15, 0.2) is 58.3 Å². The Balaban J connectivity index is 1.41. The molecule has 3 aliphatic heterocycles. The van der Waals surface area contributed by atoms with Crippen LogP contribution in [-0.2, 0) is 22.6 Å². The van der Waals surface area contributed by atoms with Gasteiger partial charge in [-0.2, -0.15) is 0 Å². The van der Waals surface area contributed by atoms with E-state index in [0.717, 1.165) is 5.69 Å². The Morgan fingerprint density at radius 3 is 2.61 bits per heavy atom. The number of amides is 1. The van der Waals surface area contributed by atoms with E-state index in [-0.39, 0.29) is 41.8 Å². The van der Waals surface area contributed by atoms with E-state index < -0.39 is 6.04 Å². The van der Waals surface area contributed by atoms with Gasteiger partial charge in [-0.1, -0.05) is 12.1 Å². The van der Waals surface area contributed by atoms with E-state index in [1.807, 2.05) is 6.07 Å². The third kappa shape index (κ3) is 3.76. The summed E-state index contributed by atoms with van der Waals surface area (Å²) in [5.41, 5.74) is 2.45. The first-order valence-electron chi connectivity index (χ1n) is 12.2. The van der Waals surface area contributed by atoms with E-state index in [9.17, 15) is 19.1 Å². The molecule has 36 heavy (non-hydrogen) atoms. The topological polar surface area (TPSA) is 101 Å². The molecule has 3 aliphatic rings. The van der Waals surface area contributed by atoms with Crippen molar-refractivity contribution in [1.29, 1.82) is 0 Å². The third-order valence-corrected chi connectivity index (χ3v) is 7.75. The zero-order valence-corrected chi connectivity index (χ0v) is 19.6. The maximum Gasteiger partial charge on any atom is 0.258 e. The number of fused-ring (bicyclic) bond motifs is 3. The van der Waals surface area contributed by atoms with Gasteiger partial charge in [0.2, 0.25) is 5.91 Å². The van der Waals surface area contributed by atoms with Crippen LogP contribution >= 0.6 is 0 Å². The van der Waals surface area contributed by atoms with Crippen LogP contribution in [0.3, 0.4) is 0 Å². The summed E-state index contributed by atoms with van der Waals surface area (Å²) >= 11 is 0. The van der Waals surface area contributed by atoms with Crippen molar-refractivity contribution < 1.29 is 23.4 Å². The van der Waals surface area contributed by atoms with Crippen LogP contribution in [0.25, 0.3) is 11.1 Å².